The van der Waals surface area contributed by atoms with Gasteiger partial charge in [0, 0.05) is 15.5 Å². The molecule has 0 fully saturated rings. The Morgan fingerprint density at radius 3 is 2.36 bits per heavy atom. The highest BCUT2D eigenvalue weighted by atomic mass is 79.9. The average molecular weight is 315 g/mol. The Bertz CT molecular complexity index is 254. The van der Waals surface area contributed by atoms with E-state index in [1.54, 1.807) is 0 Å². The molecular weight excluding hydrogens is 310 g/mol. The van der Waals surface area contributed by atoms with Gasteiger partial charge in [0.1, 0.15) is 0 Å². The molecule has 1 rings (SSSR count). The van der Waals surface area contributed by atoms with Crippen LogP contribution < -0.4 is 5.73 Å². The van der Waals surface area contributed by atoms with Crippen molar-refractivity contribution in [2.45, 2.75) is 9.79 Å². The van der Waals surface area contributed by atoms with Gasteiger partial charge >= 0.3 is 0 Å². The van der Waals surface area contributed by atoms with E-state index in [0.29, 0.717) is 0 Å². The predicted octanol–water partition coefficient (Wildman–Crippen LogP) is 4.07. The van der Waals surface area contributed by atoms with Crippen molar-refractivity contribution in [3.05, 3.63) is 18.2 Å². The highest BCUT2D eigenvalue weighted by Gasteiger charge is 1.98. The summed E-state index contributed by atoms with van der Waals surface area (Å²) in [5.74, 6) is 0. The fourth-order valence-electron chi connectivity index (χ4n) is 0.645. The zero-order chi connectivity index (χ0) is 8.27. The summed E-state index contributed by atoms with van der Waals surface area (Å²) in [4.78, 5) is 2.17. The van der Waals surface area contributed by atoms with Crippen molar-refractivity contribution in [1.29, 1.82) is 0 Å². The van der Waals surface area contributed by atoms with E-state index in [1.807, 2.05) is 18.2 Å². The van der Waals surface area contributed by atoms with Crippen LogP contribution in [-0.4, -0.2) is 0 Å². The number of halogens is 2. The summed E-state index contributed by atoms with van der Waals surface area (Å²) in [5.41, 5.74) is 6.52. The molecule has 0 atom stereocenters. The molecule has 1 aromatic carbocycles. The van der Waals surface area contributed by atoms with Crippen LogP contribution in [0.25, 0.3) is 0 Å². The van der Waals surface area contributed by atoms with Crippen molar-refractivity contribution < 1.29 is 0 Å². The monoisotopic (exact) mass is 313 g/mol. The molecule has 1 nitrogen and oxygen atoms in total. The maximum atomic E-state index is 5.72. The summed E-state index contributed by atoms with van der Waals surface area (Å²) in [5, 5.41) is 0. The minimum absolute atomic E-state index is 0.802. The fourth-order valence-corrected chi connectivity index (χ4v) is 2.69. The maximum Gasteiger partial charge on any atom is 0.0472 e. The molecule has 0 radical (unpaired) electrons. The Morgan fingerprint density at radius 1 is 1.18 bits per heavy atom. The first kappa shape index (κ1) is 9.77. The molecule has 2 N–H and O–H groups in total. The van der Waals surface area contributed by atoms with Gasteiger partial charge in [0.2, 0.25) is 0 Å². The van der Waals surface area contributed by atoms with E-state index in [4.69, 9.17) is 5.73 Å². The second-order valence-corrected chi connectivity index (χ2v) is 5.02. The molecule has 0 saturated heterocycles. The van der Waals surface area contributed by atoms with Crippen LogP contribution in [0, 0.1) is 0 Å². The lowest BCUT2D eigenvalue weighted by Gasteiger charge is -2.01. The zero-order valence-corrected chi connectivity index (χ0v) is 10.2. The molecule has 0 amide bonds. The van der Waals surface area contributed by atoms with Crippen LogP contribution in [-0.2, 0) is 0 Å². The smallest absolute Gasteiger partial charge is 0.0472 e. The van der Waals surface area contributed by atoms with Gasteiger partial charge in [-0.15, -0.1) is 0 Å². The molecule has 0 heterocycles. The normalized spacial score (nSPS) is 10.0. The van der Waals surface area contributed by atoms with E-state index in [-0.39, 0.29) is 0 Å². The minimum Gasteiger partial charge on any atom is -0.398 e. The van der Waals surface area contributed by atoms with Crippen molar-refractivity contribution in [2.75, 3.05) is 5.73 Å². The summed E-state index contributed by atoms with van der Waals surface area (Å²) >= 11 is 6.55. The number of benzene rings is 1. The highest BCUT2D eigenvalue weighted by Crippen LogP contribution is 2.34. The summed E-state index contributed by atoms with van der Waals surface area (Å²) in [6, 6.07) is 5.93. The molecule has 0 bridgehead atoms. The van der Waals surface area contributed by atoms with Gasteiger partial charge in [0.15, 0.2) is 0 Å². The van der Waals surface area contributed by atoms with Crippen molar-refractivity contribution in [2.24, 2.45) is 0 Å². The average Bonchev–Trinajstić information content (AvgIpc) is 2.04. The summed E-state index contributed by atoms with van der Waals surface area (Å²) < 4.78 is 0. The number of rotatable bonds is 2. The van der Waals surface area contributed by atoms with Crippen LogP contribution in [0.4, 0.5) is 5.69 Å². The molecule has 1 aromatic rings. The van der Waals surface area contributed by atoms with Crippen LogP contribution >= 0.6 is 50.0 Å². The van der Waals surface area contributed by atoms with E-state index in [9.17, 15) is 0 Å². The number of hydrogen-bond acceptors (Lipinski definition) is 3. The molecule has 0 aliphatic rings. The second-order valence-electron chi connectivity index (χ2n) is 1.85. The van der Waals surface area contributed by atoms with Crippen LogP contribution in [0.15, 0.2) is 28.0 Å². The summed E-state index contributed by atoms with van der Waals surface area (Å²) in [7, 11) is 2.99. The van der Waals surface area contributed by atoms with Crippen LogP contribution in [0.2, 0.25) is 0 Å². The van der Waals surface area contributed by atoms with Crippen molar-refractivity contribution in [3.63, 3.8) is 0 Å². The standard InChI is InChI=1S/C6H5Br2NS2/c7-10-4-1-2-6(11-8)5(9)3-4/h1-3H,9H2. The van der Waals surface area contributed by atoms with Crippen molar-refractivity contribution >= 4 is 55.7 Å². The first-order chi connectivity index (χ1) is 5.27. The summed E-state index contributed by atoms with van der Waals surface area (Å²) in [6.07, 6.45) is 0. The molecule has 0 spiro atoms. The minimum atomic E-state index is 0.802. The van der Waals surface area contributed by atoms with Crippen LogP contribution in [0.3, 0.4) is 0 Å². The highest BCUT2D eigenvalue weighted by molar-refractivity contribution is 9.50. The van der Waals surface area contributed by atoms with Gasteiger partial charge in [-0.2, -0.15) is 0 Å². The SMILES string of the molecule is Nc1cc(SBr)ccc1SBr. The lowest BCUT2D eigenvalue weighted by atomic mass is 10.3. The largest absolute Gasteiger partial charge is 0.398 e. The maximum absolute atomic E-state index is 5.72. The molecule has 60 valence electrons. The Balaban J connectivity index is 2.99. The Morgan fingerprint density at radius 2 is 1.91 bits per heavy atom. The molecular formula is C6H5Br2NS2. The van der Waals surface area contributed by atoms with E-state index in [2.05, 4.69) is 29.6 Å². The Hall–Kier alpha value is 0.680. The van der Waals surface area contributed by atoms with Gasteiger partial charge in [0.05, 0.1) is 0 Å². The van der Waals surface area contributed by atoms with Gasteiger partial charge in [-0.3, -0.25) is 0 Å². The van der Waals surface area contributed by atoms with Gasteiger partial charge in [-0.1, -0.05) is 0 Å². The van der Waals surface area contributed by atoms with Crippen LogP contribution in [0.5, 0.6) is 0 Å². The number of hydrogen-bond donors (Lipinski definition) is 1. The number of nitrogen functional groups attached to an aromatic ring is 1. The molecule has 5 heteroatoms. The van der Waals surface area contributed by atoms with E-state index < -0.39 is 0 Å². The van der Waals surface area contributed by atoms with Gasteiger partial charge < -0.3 is 5.73 Å². The first-order valence-corrected chi connectivity index (χ1v) is 8.06. The lowest BCUT2D eigenvalue weighted by Crippen LogP contribution is -1.86. The predicted molar refractivity (Wildman–Crippen MR) is 60.4 cm³/mol. The lowest BCUT2D eigenvalue weighted by molar-refractivity contribution is 1.37. The topological polar surface area (TPSA) is 26.0 Å². The van der Waals surface area contributed by atoms with Crippen molar-refractivity contribution in [3.8, 4) is 0 Å². The third kappa shape index (κ3) is 2.57. The van der Waals surface area contributed by atoms with Gasteiger partial charge in [-0.05, 0) is 68.2 Å². The third-order valence-corrected chi connectivity index (χ3v) is 4.29. The van der Waals surface area contributed by atoms with Gasteiger partial charge in [-0.25, -0.2) is 0 Å². The Kier molecular flexibility index (Phi) is 4.12. The first-order valence-electron chi connectivity index (χ1n) is 2.74. The molecule has 0 saturated carbocycles. The van der Waals surface area contributed by atoms with E-state index >= 15 is 0 Å². The Labute approximate surface area is 88.9 Å². The fraction of sp³-hybridized carbons (Fsp3) is 0. The molecule has 11 heavy (non-hydrogen) atoms. The number of nitrogens with two attached hydrogens (primary N) is 1. The molecule has 0 aromatic heterocycles. The zero-order valence-electron chi connectivity index (χ0n) is 5.38. The van der Waals surface area contributed by atoms with E-state index in [0.717, 1.165) is 15.5 Å². The number of anilines is 1. The van der Waals surface area contributed by atoms with Gasteiger partial charge in [0.25, 0.3) is 0 Å². The summed E-state index contributed by atoms with van der Waals surface area (Å²) in [6.45, 7) is 0. The quantitative estimate of drug-likeness (QED) is 0.833. The third-order valence-electron chi connectivity index (χ3n) is 1.15. The molecule has 0 unspecified atom stereocenters. The molecule has 0 aliphatic carbocycles. The second kappa shape index (κ2) is 4.64. The van der Waals surface area contributed by atoms with Crippen molar-refractivity contribution in [1.82, 2.24) is 0 Å². The molecule has 0 aliphatic heterocycles. The van der Waals surface area contributed by atoms with Crippen LogP contribution in [0.1, 0.15) is 0 Å². The van der Waals surface area contributed by atoms with E-state index in [1.165, 1.54) is 20.4 Å².